The minimum Gasteiger partial charge on any atom is -0.410 e. The van der Waals surface area contributed by atoms with E-state index in [1.165, 1.54) is 11.1 Å². The molecular formula is C25H43BO3Si. The highest BCUT2D eigenvalue weighted by atomic mass is 28.4. The Labute approximate surface area is 186 Å². The minimum atomic E-state index is -1.97. The van der Waals surface area contributed by atoms with Gasteiger partial charge in [0.1, 0.15) is 0 Å². The molecule has 0 saturated carbocycles. The standard InChI is InChI=1S/C25H43BO3Si/c1-12-15-20(26-28-24(6,7)25(8,9)29-26)18-22(21-17-14-13-16-19(21)2)27-30(10,11)23(3,4)5/h12-14,16-17,20,22H,1,15,18H2,2-11H3/t20-,22+/m1/s1. The molecule has 0 unspecified atom stereocenters. The fourth-order valence-corrected chi connectivity index (χ4v) is 4.90. The summed E-state index contributed by atoms with van der Waals surface area (Å²) < 4.78 is 19.9. The van der Waals surface area contributed by atoms with Crippen molar-refractivity contribution in [3.05, 3.63) is 48.0 Å². The largest absolute Gasteiger partial charge is 0.461 e. The molecule has 1 fully saturated rings. The van der Waals surface area contributed by atoms with Crippen molar-refractivity contribution in [2.75, 3.05) is 0 Å². The molecule has 0 spiro atoms. The van der Waals surface area contributed by atoms with E-state index in [1.807, 2.05) is 6.08 Å². The van der Waals surface area contributed by atoms with Crippen molar-refractivity contribution in [3.8, 4) is 0 Å². The van der Waals surface area contributed by atoms with Gasteiger partial charge in [-0.1, -0.05) is 51.1 Å². The SMILES string of the molecule is C=CC[C@H](C[C@H](O[Si](C)(C)C(C)(C)C)c1ccccc1C)B1OC(C)(C)C(C)(C)O1. The average molecular weight is 431 g/mol. The first-order chi connectivity index (χ1) is 13.6. The smallest absolute Gasteiger partial charge is 0.410 e. The zero-order valence-corrected chi connectivity index (χ0v) is 22.0. The summed E-state index contributed by atoms with van der Waals surface area (Å²) in [4.78, 5) is 0. The number of hydrogen-bond donors (Lipinski definition) is 0. The molecule has 1 aromatic carbocycles. The maximum atomic E-state index is 7.00. The van der Waals surface area contributed by atoms with Crippen LogP contribution in [0.4, 0.5) is 0 Å². The molecule has 0 aromatic heterocycles. The summed E-state index contributed by atoms with van der Waals surface area (Å²) in [5.41, 5.74) is 1.87. The summed E-state index contributed by atoms with van der Waals surface area (Å²) in [6, 6.07) is 8.59. The second kappa shape index (κ2) is 8.93. The molecule has 3 nitrogen and oxygen atoms in total. The monoisotopic (exact) mass is 430 g/mol. The molecule has 168 valence electrons. The molecule has 1 aliphatic rings. The molecule has 1 saturated heterocycles. The summed E-state index contributed by atoms with van der Waals surface area (Å²) in [5, 5.41) is 0.145. The fourth-order valence-electron chi connectivity index (χ4n) is 3.61. The number of benzene rings is 1. The van der Waals surface area contributed by atoms with Crippen molar-refractivity contribution in [3.63, 3.8) is 0 Å². The molecule has 0 radical (unpaired) electrons. The molecule has 1 aliphatic heterocycles. The first kappa shape index (κ1) is 25.4. The van der Waals surface area contributed by atoms with Crippen molar-refractivity contribution < 1.29 is 13.7 Å². The zero-order chi connectivity index (χ0) is 23.0. The molecular weight excluding hydrogens is 387 g/mol. The predicted molar refractivity (Wildman–Crippen MR) is 131 cm³/mol. The normalized spacial score (nSPS) is 20.8. The lowest BCUT2D eigenvalue weighted by atomic mass is 9.66. The molecule has 0 aliphatic carbocycles. The zero-order valence-electron chi connectivity index (χ0n) is 21.0. The van der Waals surface area contributed by atoms with Gasteiger partial charge in [-0.15, -0.1) is 6.58 Å². The third-order valence-electron chi connectivity index (χ3n) is 7.42. The van der Waals surface area contributed by atoms with Crippen LogP contribution in [0.15, 0.2) is 36.9 Å². The van der Waals surface area contributed by atoms with E-state index in [1.54, 1.807) is 0 Å². The lowest BCUT2D eigenvalue weighted by Crippen LogP contribution is -2.42. The van der Waals surface area contributed by atoms with Gasteiger partial charge in [0.25, 0.3) is 0 Å². The maximum absolute atomic E-state index is 7.00. The fraction of sp³-hybridized carbons (Fsp3) is 0.680. The average Bonchev–Trinajstić information content (AvgIpc) is 2.80. The quantitative estimate of drug-likeness (QED) is 0.316. The Morgan fingerprint density at radius 2 is 1.63 bits per heavy atom. The van der Waals surface area contributed by atoms with E-state index in [0.717, 1.165) is 12.8 Å². The number of hydrogen-bond acceptors (Lipinski definition) is 3. The molecule has 0 amide bonds. The Balaban J connectivity index is 2.37. The molecule has 2 rings (SSSR count). The van der Waals surface area contributed by atoms with E-state index in [4.69, 9.17) is 13.7 Å². The first-order valence-electron chi connectivity index (χ1n) is 11.3. The summed E-state index contributed by atoms with van der Waals surface area (Å²) >= 11 is 0. The maximum Gasteiger partial charge on any atom is 0.461 e. The van der Waals surface area contributed by atoms with Crippen LogP contribution >= 0.6 is 0 Å². The van der Waals surface area contributed by atoms with Gasteiger partial charge in [-0.25, -0.2) is 0 Å². The Morgan fingerprint density at radius 3 is 2.10 bits per heavy atom. The minimum absolute atomic E-state index is 0.0102. The highest BCUT2D eigenvalue weighted by Gasteiger charge is 2.54. The topological polar surface area (TPSA) is 27.7 Å². The summed E-state index contributed by atoms with van der Waals surface area (Å²) in [7, 11) is -2.23. The molecule has 2 atom stereocenters. The van der Waals surface area contributed by atoms with Gasteiger partial charge in [0.15, 0.2) is 8.32 Å². The number of rotatable bonds is 8. The van der Waals surface area contributed by atoms with Gasteiger partial charge in [0.2, 0.25) is 0 Å². The van der Waals surface area contributed by atoms with Crippen molar-refractivity contribution in [1.82, 2.24) is 0 Å². The third-order valence-corrected chi connectivity index (χ3v) is 11.9. The van der Waals surface area contributed by atoms with Crippen molar-refractivity contribution >= 4 is 15.4 Å². The van der Waals surface area contributed by atoms with Crippen molar-refractivity contribution in [2.24, 2.45) is 0 Å². The second-order valence-electron chi connectivity index (χ2n) is 11.4. The Kier molecular flexibility index (Phi) is 7.56. The molecule has 0 N–H and O–H groups in total. The molecule has 1 aromatic rings. The van der Waals surface area contributed by atoms with E-state index in [-0.39, 0.29) is 35.3 Å². The predicted octanol–water partition coefficient (Wildman–Crippen LogP) is 7.49. The highest BCUT2D eigenvalue weighted by molar-refractivity contribution is 6.74. The van der Waals surface area contributed by atoms with Crippen LogP contribution in [0.2, 0.25) is 23.9 Å². The van der Waals surface area contributed by atoms with Gasteiger partial charge in [-0.2, -0.15) is 0 Å². The van der Waals surface area contributed by atoms with E-state index in [0.29, 0.717) is 0 Å². The van der Waals surface area contributed by atoms with Crippen molar-refractivity contribution in [1.29, 1.82) is 0 Å². The van der Waals surface area contributed by atoms with Crippen LogP contribution in [0.5, 0.6) is 0 Å². The van der Waals surface area contributed by atoms with Crippen LogP contribution in [-0.2, 0) is 13.7 Å². The number of aryl methyl sites for hydroxylation is 1. The van der Waals surface area contributed by atoms with Gasteiger partial charge in [-0.05, 0) is 76.7 Å². The first-order valence-corrected chi connectivity index (χ1v) is 14.2. The number of allylic oxidation sites excluding steroid dienone is 1. The molecule has 30 heavy (non-hydrogen) atoms. The van der Waals surface area contributed by atoms with E-state index >= 15 is 0 Å². The second-order valence-corrected chi connectivity index (χ2v) is 16.1. The molecule has 0 bridgehead atoms. The molecule has 1 heterocycles. The van der Waals surface area contributed by atoms with Gasteiger partial charge in [-0.3, -0.25) is 0 Å². The molecule has 5 heteroatoms. The summed E-state index contributed by atoms with van der Waals surface area (Å²) in [6.45, 7) is 26.2. The summed E-state index contributed by atoms with van der Waals surface area (Å²) in [6.07, 6.45) is 3.67. The summed E-state index contributed by atoms with van der Waals surface area (Å²) in [5.74, 6) is 0.179. The lowest BCUT2D eigenvalue weighted by Gasteiger charge is -2.40. The van der Waals surface area contributed by atoms with Crippen LogP contribution in [0.25, 0.3) is 0 Å². The van der Waals surface area contributed by atoms with Crippen molar-refractivity contribution in [2.45, 2.75) is 109 Å². The van der Waals surface area contributed by atoms with Crippen LogP contribution in [0.1, 0.15) is 78.5 Å². The van der Waals surface area contributed by atoms with Crippen LogP contribution in [0.3, 0.4) is 0 Å². The van der Waals surface area contributed by atoms with Crippen LogP contribution in [0, 0.1) is 6.92 Å². The van der Waals surface area contributed by atoms with Crippen LogP contribution < -0.4 is 0 Å². The van der Waals surface area contributed by atoms with E-state index < -0.39 is 8.32 Å². The third kappa shape index (κ3) is 5.48. The van der Waals surface area contributed by atoms with Crippen LogP contribution in [-0.4, -0.2) is 26.6 Å². The Morgan fingerprint density at radius 1 is 1.10 bits per heavy atom. The Hall–Kier alpha value is -0.878. The van der Waals surface area contributed by atoms with Gasteiger partial charge in [0, 0.05) is 5.82 Å². The van der Waals surface area contributed by atoms with Gasteiger partial charge in [0.05, 0.1) is 17.3 Å². The Bertz CT molecular complexity index is 720. The van der Waals surface area contributed by atoms with Gasteiger partial charge >= 0.3 is 7.12 Å². The van der Waals surface area contributed by atoms with E-state index in [9.17, 15) is 0 Å². The van der Waals surface area contributed by atoms with E-state index in [2.05, 4.69) is 99.3 Å². The van der Waals surface area contributed by atoms with Gasteiger partial charge < -0.3 is 13.7 Å². The highest BCUT2D eigenvalue weighted by Crippen LogP contribution is 2.46. The lowest BCUT2D eigenvalue weighted by molar-refractivity contribution is 0.00578.